The van der Waals surface area contributed by atoms with Crippen LogP contribution >= 0.6 is 23.2 Å². The molecule has 2 heterocycles. The van der Waals surface area contributed by atoms with Gasteiger partial charge in [0.05, 0.1) is 11.7 Å². The molecule has 0 amide bonds. The van der Waals surface area contributed by atoms with E-state index in [9.17, 15) is 0 Å². The summed E-state index contributed by atoms with van der Waals surface area (Å²) < 4.78 is 1.76. The quantitative estimate of drug-likeness (QED) is 0.658. The number of benzene rings is 2. The fourth-order valence-electron chi connectivity index (χ4n) is 3.53. The molecule has 4 rings (SSSR count). The van der Waals surface area contributed by atoms with Gasteiger partial charge in [0.25, 0.3) is 0 Å². The van der Waals surface area contributed by atoms with E-state index < -0.39 is 0 Å². The van der Waals surface area contributed by atoms with Gasteiger partial charge in [-0.15, -0.1) is 5.10 Å². The second-order valence-corrected chi connectivity index (χ2v) is 7.29. The molecule has 1 saturated heterocycles. The lowest BCUT2D eigenvalue weighted by Crippen LogP contribution is -2.36. The average molecular weight is 388 g/mol. The van der Waals surface area contributed by atoms with Gasteiger partial charge in [0.2, 0.25) is 0 Å². The lowest BCUT2D eigenvalue weighted by atomic mass is 10.0. The first-order valence-corrected chi connectivity index (χ1v) is 9.52. The van der Waals surface area contributed by atoms with E-state index in [-0.39, 0.29) is 6.04 Å². The van der Waals surface area contributed by atoms with Gasteiger partial charge in [-0.3, -0.25) is 4.90 Å². The predicted molar refractivity (Wildman–Crippen MR) is 103 cm³/mol. The molecule has 0 aliphatic carbocycles. The lowest BCUT2D eigenvalue weighted by Gasteiger charge is -2.34. The van der Waals surface area contributed by atoms with Gasteiger partial charge in [0, 0.05) is 10.0 Å². The molecular formula is C19H19Cl2N5. The van der Waals surface area contributed by atoms with Crippen LogP contribution in [0.1, 0.15) is 36.7 Å². The summed E-state index contributed by atoms with van der Waals surface area (Å²) in [4.78, 5) is 2.41. The summed E-state index contributed by atoms with van der Waals surface area (Å²) in [5.74, 6) is 0.752. The van der Waals surface area contributed by atoms with Gasteiger partial charge in [-0.05, 0) is 66.2 Å². The zero-order valence-electron chi connectivity index (χ0n) is 14.2. The Bertz CT molecular complexity index is 889. The van der Waals surface area contributed by atoms with E-state index in [1.165, 1.54) is 19.3 Å². The highest BCUT2D eigenvalue weighted by molar-refractivity contribution is 6.31. The monoisotopic (exact) mass is 387 g/mol. The Balaban J connectivity index is 1.83. The highest BCUT2D eigenvalue weighted by atomic mass is 35.5. The number of hydrogen-bond acceptors (Lipinski definition) is 4. The number of piperidine rings is 1. The van der Waals surface area contributed by atoms with Crippen molar-refractivity contribution in [1.82, 2.24) is 25.1 Å². The van der Waals surface area contributed by atoms with Crippen LogP contribution in [0.3, 0.4) is 0 Å². The van der Waals surface area contributed by atoms with Crippen LogP contribution in [0.15, 0.2) is 48.5 Å². The molecule has 1 aliphatic rings. The van der Waals surface area contributed by atoms with Crippen LogP contribution in [-0.4, -0.2) is 38.2 Å². The zero-order chi connectivity index (χ0) is 17.9. The van der Waals surface area contributed by atoms with Gasteiger partial charge >= 0.3 is 0 Å². The minimum Gasteiger partial charge on any atom is -0.290 e. The molecule has 26 heavy (non-hydrogen) atoms. The molecule has 7 heteroatoms. The lowest BCUT2D eigenvalue weighted by molar-refractivity contribution is 0.180. The van der Waals surface area contributed by atoms with E-state index in [1.54, 1.807) is 4.68 Å². The Kier molecular flexibility index (Phi) is 5.20. The molecule has 1 aliphatic heterocycles. The Morgan fingerprint density at radius 1 is 0.923 bits per heavy atom. The van der Waals surface area contributed by atoms with Gasteiger partial charge in [-0.25, -0.2) is 0 Å². The summed E-state index contributed by atoms with van der Waals surface area (Å²) >= 11 is 12.7. The molecule has 134 valence electrons. The highest BCUT2D eigenvalue weighted by Crippen LogP contribution is 2.34. The molecule has 2 aromatic carbocycles. The third-order valence-electron chi connectivity index (χ3n) is 4.75. The van der Waals surface area contributed by atoms with E-state index in [1.807, 2.05) is 42.5 Å². The van der Waals surface area contributed by atoms with Crippen molar-refractivity contribution in [2.45, 2.75) is 25.3 Å². The van der Waals surface area contributed by atoms with Crippen molar-refractivity contribution in [2.24, 2.45) is 0 Å². The van der Waals surface area contributed by atoms with E-state index in [0.717, 1.165) is 35.2 Å². The third kappa shape index (κ3) is 3.47. The van der Waals surface area contributed by atoms with E-state index in [4.69, 9.17) is 23.2 Å². The first-order valence-electron chi connectivity index (χ1n) is 8.77. The van der Waals surface area contributed by atoms with Crippen molar-refractivity contribution >= 4 is 23.2 Å². The normalized spacial score (nSPS) is 16.5. The van der Waals surface area contributed by atoms with Crippen LogP contribution in [0.5, 0.6) is 0 Å². The zero-order valence-corrected chi connectivity index (χ0v) is 15.7. The van der Waals surface area contributed by atoms with Gasteiger partial charge in [-0.1, -0.05) is 53.9 Å². The molecule has 3 aromatic rings. The molecule has 0 saturated carbocycles. The van der Waals surface area contributed by atoms with Gasteiger partial charge < -0.3 is 0 Å². The molecule has 1 aromatic heterocycles. The van der Waals surface area contributed by atoms with Crippen molar-refractivity contribution in [3.05, 3.63) is 70.0 Å². The first kappa shape index (κ1) is 17.5. The average Bonchev–Trinajstić information content (AvgIpc) is 3.14. The molecule has 0 spiro atoms. The number of tetrazole rings is 1. The second kappa shape index (κ2) is 7.74. The van der Waals surface area contributed by atoms with Crippen molar-refractivity contribution in [1.29, 1.82) is 0 Å². The third-order valence-corrected chi connectivity index (χ3v) is 5.33. The molecular weight excluding hydrogens is 369 g/mol. The fourth-order valence-corrected chi connectivity index (χ4v) is 3.95. The number of aromatic nitrogens is 4. The Hall–Kier alpha value is -1.95. The fraction of sp³-hybridized carbons (Fsp3) is 0.316. The SMILES string of the molecule is Clc1cccc(-n2nnnc2C(c2ccccc2Cl)N2CCCCC2)c1. The number of nitrogens with zero attached hydrogens (tertiary/aromatic N) is 5. The maximum Gasteiger partial charge on any atom is 0.178 e. The van der Waals surface area contributed by atoms with Crippen LogP contribution < -0.4 is 0 Å². The Morgan fingerprint density at radius 3 is 2.50 bits per heavy atom. The molecule has 0 N–H and O–H groups in total. The first-order chi connectivity index (χ1) is 12.7. The van der Waals surface area contributed by atoms with Crippen LogP contribution in [-0.2, 0) is 0 Å². The van der Waals surface area contributed by atoms with Crippen molar-refractivity contribution in [3.8, 4) is 5.69 Å². The van der Waals surface area contributed by atoms with Gasteiger partial charge in [0.1, 0.15) is 0 Å². The van der Waals surface area contributed by atoms with E-state index in [2.05, 4.69) is 26.5 Å². The summed E-state index contributed by atoms with van der Waals surface area (Å²) in [7, 11) is 0. The predicted octanol–water partition coefficient (Wildman–Crippen LogP) is 4.54. The maximum absolute atomic E-state index is 6.55. The van der Waals surface area contributed by atoms with Crippen LogP contribution in [0.4, 0.5) is 0 Å². The number of likely N-dealkylation sites (tertiary alicyclic amines) is 1. The summed E-state index contributed by atoms with van der Waals surface area (Å²) in [6.45, 7) is 2.00. The molecule has 0 bridgehead atoms. The summed E-state index contributed by atoms with van der Waals surface area (Å²) in [5, 5.41) is 13.9. The number of rotatable bonds is 4. The number of halogens is 2. The largest absolute Gasteiger partial charge is 0.290 e. The maximum atomic E-state index is 6.55. The van der Waals surface area contributed by atoms with E-state index in [0.29, 0.717) is 5.02 Å². The smallest absolute Gasteiger partial charge is 0.178 e. The second-order valence-electron chi connectivity index (χ2n) is 6.45. The van der Waals surface area contributed by atoms with Gasteiger partial charge in [-0.2, -0.15) is 4.68 Å². The Morgan fingerprint density at radius 2 is 1.73 bits per heavy atom. The highest BCUT2D eigenvalue weighted by Gasteiger charge is 2.30. The van der Waals surface area contributed by atoms with E-state index >= 15 is 0 Å². The Labute approximate surface area is 162 Å². The summed E-state index contributed by atoms with van der Waals surface area (Å²) in [6, 6.07) is 15.4. The van der Waals surface area contributed by atoms with Crippen molar-refractivity contribution in [2.75, 3.05) is 13.1 Å². The van der Waals surface area contributed by atoms with Crippen molar-refractivity contribution < 1.29 is 0 Å². The number of hydrogen-bond donors (Lipinski definition) is 0. The topological polar surface area (TPSA) is 46.8 Å². The van der Waals surface area contributed by atoms with Crippen molar-refractivity contribution in [3.63, 3.8) is 0 Å². The van der Waals surface area contributed by atoms with Crippen LogP contribution in [0.25, 0.3) is 5.69 Å². The molecule has 1 atom stereocenters. The minimum absolute atomic E-state index is 0.0991. The standard InChI is InChI=1S/C19H19Cl2N5/c20-14-7-6-8-15(13-14)26-19(22-23-24-26)18(25-11-4-1-5-12-25)16-9-2-3-10-17(16)21/h2-3,6-10,13,18H,1,4-5,11-12H2. The van der Waals surface area contributed by atoms with Gasteiger partial charge in [0.15, 0.2) is 5.82 Å². The van der Waals surface area contributed by atoms with Crippen LogP contribution in [0, 0.1) is 0 Å². The molecule has 0 radical (unpaired) electrons. The molecule has 1 unspecified atom stereocenters. The summed E-state index contributed by atoms with van der Waals surface area (Å²) in [5.41, 5.74) is 1.86. The summed E-state index contributed by atoms with van der Waals surface area (Å²) in [6.07, 6.45) is 3.59. The molecule has 5 nitrogen and oxygen atoms in total. The minimum atomic E-state index is -0.0991. The molecule has 1 fully saturated rings. The van der Waals surface area contributed by atoms with Crippen LogP contribution in [0.2, 0.25) is 10.0 Å².